The van der Waals surface area contributed by atoms with E-state index in [2.05, 4.69) is 16.7 Å². The standard InChI is InChI=1S/C53H68N2O10S2/c1-31(58)28-54-45-27-42-33(18-22-56)5-11-37(17-21-53(63)19-3-4-20-53)55-52(44(42)24-36(45)29-57)65-47-26-39(60)13-7-34-9-15-46(62)51(64-2)49(34)41-14-8-32-6-12-38(59)25-43(32)50(41)48-16-10-35(47)23-40(61)30-66-67-48/h6,8-9,12,14-15,24-25,27,33,35,37,40,47-48,52,54-57,59,61-63H,3-5,7,10-11,13,16-23,26,28-30H2,1-2H3/t33-,35+,37-,40-,47-,48-,52-/m0/s1. The second kappa shape index (κ2) is 22.3. The number of aliphatic hydroxyl groups is 4. The van der Waals surface area contributed by atoms with Crippen LogP contribution in [0.4, 0.5) is 5.69 Å². The van der Waals surface area contributed by atoms with Crippen LogP contribution in [0.2, 0.25) is 0 Å². The first-order valence-corrected chi connectivity index (χ1v) is 26.6. The topological polar surface area (TPSA) is 198 Å². The molecule has 362 valence electrons. The van der Waals surface area contributed by atoms with Crippen molar-refractivity contribution in [2.24, 2.45) is 5.92 Å². The Kier molecular flexibility index (Phi) is 16.5. The first-order chi connectivity index (χ1) is 32.4. The molecule has 2 heterocycles. The van der Waals surface area contributed by atoms with Crippen LogP contribution in [0.1, 0.15) is 142 Å². The Labute approximate surface area is 402 Å². The van der Waals surface area contributed by atoms with Gasteiger partial charge in [0.25, 0.3) is 0 Å². The summed E-state index contributed by atoms with van der Waals surface area (Å²) in [7, 11) is 4.83. The fraction of sp³-hybridized carbons (Fsp3) is 0.547. The van der Waals surface area contributed by atoms with E-state index < -0.39 is 24.0 Å². The van der Waals surface area contributed by atoms with Gasteiger partial charge in [0.05, 0.1) is 38.1 Å². The number of carbonyl (C=O) groups is 2. The maximum atomic E-state index is 14.6. The Morgan fingerprint density at radius 1 is 0.955 bits per heavy atom. The largest absolute Gasteiger partial charge is 0.508 e. The van der Waals surface area contributed by atoms with Crippen molar-refractivity contribution in [2.45, 2.75) is 151 Å². The quantitative estimate of drug-likeness (QED) is 0.0625. The number of Topliss-reactive ketones (excluding diaryl/α,β-unsaturated/α-hetero) is 2. The van der Waals surface area contributed by atoms with Crippen molar-refractivity contribution < 1.29 is 49.7 Å². The van der Waals surface area contributed by atoms with Crippen LogP contribution in [0.25, 0.3) is 21.9 Å². The molecule has 14 heteroatoms. The van der Waals surface area contributed by atoms with Gasteiger partial charge < -0.3 is 45.4 Å². The van der Waals surface area contributed by atoms with Gasteiger partial charge in [0, 0.05) is 53.3 Å². The lowest BCUT2D eigenvalue weighted by Gasteiger charge is -2.38. The van der Waals surface area contributed by atoms with Gasteiger partial charge in [0.1, 0.15) is 23.5 Å². The van der Waals surface area contributed by atoms with Crippen molar-refractivity contribution in [3.63, 3.8) is 0 Å². The highest BCUT2D eigenvalue weighted by atomic mass is 33.1. The molecular weight excluding hydrogens is 889 g/mol. The molecular formula is C53H68N2O10S2. The van der Waals surface area contributed by atoms with E-state index in [1.165, 1.54) is 14.0 Å². The van der Waals surface area contributed by atoms with Gasteiger partial charge >= 0.3 is 0 Å². The van der Waals surface area contributed by atoms with Crippen LogP contribution in [-0.4, -0.2) is 92.1 Å². The van der Waals surface area contributed by atoms with Crippen molar-refractivity contribution in [3.8, 4) is 28.4 Å². The molecule has 2 bridgehead atoms. The number of methoxy groups -OCH3 is 1. The molecule has 1 saturated carbocycles. The van der Waals surface area contributed by atoms with Gasteiger partial charge in [-0.2, -0.15) is 0 Å². The maximum absolute atomic E-state index is 14.6. The molecule has 12 nitrogen and oxygen atoms in total. The fourth-order valence-corrected chi connectivity index (χ4v) is 14.1. The zero-order chi connectivity index (χ0) is 47.2. The number of fused-ring (bicyclic) bond motifs is 10. The highest BCUT2D eigenvalue weighted by Crippen LogP contribution is 2.53. The molecule has 0 amide bonds. The molecule has 0 radical (unpaired) electrons. The summed E-state index contributed by atoms with van der Waals surface area (Å²) in [5.74, 6) is 0.488. The summed E-state index contributed by atoms with van der Waals surface area (Å²) in [4.78, 5) is 26.8. The molecule has 4 aromatic rings. The zero-order valence-electron chi connectivity index (χ0n) is 38.8. The molecule has 1 saturated heterocycles. The van der Waals surface area contributed by atoms with Crippen LogP contribution < -0.4 is 15.4 Å². The molecule has 8 rings (SSSR count). The Balaban J connectivity index is 1.24. The lowest BCUT2D eigenvalue weighted by Crippen LogP contribution is -2.42. The molecule has 4 aliphatic rings. The van der Waals surface area contributed by atoms with Gasteiger partial charge in [0.2, 0.25) is 0 Å². The highest BCUT2D eigenvalue weighted by molar-refractivity contribution is 8.76. The van der Waals surface area contributed by atoms with E-state index in [9.17, 15) is 40.2 Å². The Morgan fingerprint density at radius 2 is 1.76 bits per heavy atom. The summed E-state index contributed by atoms with van der Waals surface area (Å²) in [6.45, 7) is 1.26. The van der Waals surface area contributed by atoms with Gasteiger partial charge in [-0.05, 0) is 158 Å². The SMILES string of the molecule is COc1c(O)ccc2c1-c1ccc3ccc(O)cc3c1[C@@H]1CC[C@H](C[C@H](O)CSS1)[C@@H](O[C@@H]1N[C@H](CCC3(O)CCCC3)CC[C@@H](CCO)c3cc(NCC(C)=O)c(CO)cc31)CC(=O)CC2. The second-order valence-corrected chi connectivity index (χ2v) is 22.1. The number of anilines is 1. The van der Waals surface area contributed by atoms with Crippen LogP contribution >= 0.6 is 21.6 Å². The number of hydrogen-bond donors (Lipinski definition) is 8. The summed E-state index contributed by atoms with van der Waals surface area (Å²) in [5.41, 5.74) is 5.64. The molecule has 4 aromatic carbocycles. The molecule has 0 unspecified atom stereocenters. The molecule has 0 spiro atoms. The van der Waals surface area contributed by atoms with Crippen molar-refractivity contribution in [1.29, 1.82) is 0 Å². The third-order valence-electron chi connectivity index (χ3n) is 14.8. The Bertz CT molecular complexity index is 2390. The summed E-state index contributed by atoms with van der Waals surface area (Å²) in [5, 5.41) is 75.5. The van der Waals surface area contributed by atoms with Gasteiger partial charge in [0.15, 0.2) is 11.5 Å². The number of phenolic OH excluding ortho intramolecular Hbond substituents is 2. The first-order valence-electron chi connectivity index (χ1n) is 24.2. The zero-order valence-corrected chi connectivity index (χ0v) is 40.4. The van der Waals surface area contributed by atoms with Crippen LogP contribution in [0.3, 0.4) is 0 Å². The van der Waals surface area contributed by atoms with Gasteiger partial charge in [-0.15, -0.1) is 0 Å². The van der Waals surface area contributed by atoms with E-state index in [1.807, 2.05) is 30.3 Å². The molecule has 2 aliphatic heterocycles. The molecule has 2 aliphatic carbocycles. The summed E-state index contributed by atoms with van der Waals surface area (Å²) in [6.07, 6.45) is 7.09. The minimum Gasteiger partial charge on any atom is -0.508 e. The minimum absolute atomic E-state index is 0.00961. The maximum Gasteiger partial charge on any atom is 0.168 e. The number of hydrogen-bond acceptors (Lipinski definition) is 14. The lowest BCUT2D eigenvalue weighted by molar-refractivity contribution is -0.128. The second-order valence-electron chi connectivity index (χ2n) is 19.5. The average molecular weight is 957 g/mol. The van der Waals surface area contributed by atoms with Crippen LogP contribution in [-0.2, 0) is 27.4 Å². The number of carbonyl (C=O) groups excluding carboxylic acids is 2. The third kappa shape index (κ3) is 11.6. The smallest absolute Gasteiger partial charge is 0.168 e. The molecule has 7 atom stereocenters. The van der Waals surface area contributed by atoms with Crippen LogP contribution in [0, 0.1) is 5.92 Å². The number of nitrogens with one attached hydrogen (secondary N) is 2. The highest BCUT2D eigenvalue weighted by Gasteiger charge is 2.38. The van der Waals surface area contributed by atoms with E-state index in [-0.39, 0.29) is 78.8 Å². The van der Waals surface area contributed by atoms with Crippen molar-refractivity contribution in [2.75, 3.05) is 31.3 Å². The van der Waals surface area contributed by atoms with Crippen molar-refractivity contribution >= 4 is 49.6 Å². The van der Waals surface area contributed by atoms with Crippen molar-refractivity contribution in [1.82, 2.24) is 5.32 Å². The fourth-order valence-electron chi connectivity index (χ4n) is 11.2. The summed E-state index contributed by atoms with van der Waals surface area (Å²) >= 11 is 0. The number of ketones is 2. The number of aryl methyl sites for hydroxylation is 1. The summed E-state index contributed by atoms with van der Waals surface area (Å²) < 4.78 is 13.4. The normalized spacial score (nSPS) is 25.7. The monoisotopic (exact) mass is 956 g/mol. The number of ether oxygens (including phenoxy) is 2. The number of phenols is 2. The molecule has 8 N–H and O–H groups in total. The van der Waals surface area contributed by atoms with E-state index >= 15 is 0 Å². The van der Waals surface area contributed by atoms with E-state index in [0.29, 0.717) is 73.3 Å². The molecule has 67 heavy (non-hydrogen) atoms. The van der Waals surface area contributed by atoms with Crippen molar-refractivity contribution in [3.05, 3.63) is 82.4 Å². The van der Waals surface area contributed by atoms with Crippen LogP contribution in [0.5, 0.6) is 17.2 Å². The van der Waals surface area contributed by atoms with Crippen LogP contribution in [0.15, 0.2) is 54.6 Å². The summed E-state index contributed by atoms with van der Waals surface area (Å²) in [6, 6.07) is 16.8. The number of benzene rings is 4. The molecule has 0 aromatic heterocycles. The Morgan fingerprint density at radius 3 is 2.52 bits per heavy atom. The van der Waals surface area contributed by atoms with E-state index in [1.54, 1.807) is 39.8 Å². The molecule has 2 fully saturated rings. The van der Waals surface area contributed by atoms with Gasteiger partial charge in [-0.25, -0.2) is 0 Å². The number of aliphatic hydroxyl groups excluding tert-OH is 3. The minimum atomic E-state index is -0.759. The number of aromatic hydroxyl groups is 2. The third-order valence-corrected chi connectivity index (χ3v) is 17.6. The predicted octanol–water partition coefficient (Wildman–Crippen LogP) is 9.30. The van der Waals surface area contributed by atoms with Gasteiger partial charge in [-0.3, -0.25) is 14.9 Å². The predicted molar refractivity (Wildman–Crippen MR) is 266 cm³/mol. The Hall–Kier alpha value is -3.86. The first kappa shape index (κ1) is 49.6. The average Bonchev–Trinajstić information content (AvgIpc) is 3.78. The van der Waals surface area contributed by atoms with E-state index in [4.69, 9.17) is 9.47 Å². The van der Waals surface area contributed by atoms with Gasteiger partial charge in [-0.1, -0.05) is 58.7 Å². The van der Waals surface area contributed by atoms with E-state index in [0.717, 1.165) is 77.1 Å². The number of rotatable bonds is 12. The lowest BCUT2D eigenvalue weighted by atomic mass is 9.81.